The Morgan fingerprint density at radius 2 is 2.00 bits per heavy atom. The highest BCUT2D eigenvalue weighted by molar-refractivity contribution is 7.80. The van der Waals surface area contributed by atoms with Crippen molar-refractivity contribution in [3.05, 3.63) is 0 Å². The highest BCUT2D eigenvalue weighted by atomic mass is 32.1. The Hall–Kier alpha value is -1.08. The molecule has 0 aromatic rings. The third-order valence-corrected chi connectivity index (χ3v) is 1.83. The SMILES string of the molecule is CC(=O)N(C)C(=O)OC(=O)[C@@H](N)CS. The second kappa shape index (κ2) is 5.61. The minimum absolute atomic E-state index is 0.0654. The molecule has 0 rings (SSSR count). The molecule has 0 aromatic heterocycles. The Morgan fingerprint density at radius 3 is 2.36 bits per heavy atom. The van der Waals surface area contributed by atoms with E-state index in [9.17, 15) is 14.4 Å². The fourth-order valence-corrected chi connectivity index (χ4v) is 0.582. The minimum Gasteiger partial charge on any atom is -0.375 e. The van der Waals surface area contributed by atoms with Crippen molar-refractivity contribution in [3.8, 4) is 0 Å². The van der Waals surface area contributed by atoms with Crippen molar-refractivity contribution in [2.75, 3.05) is 12.8 Å². The largest absolute Gasteiger partial charge is 0.424 e. The molecule has 0 aliphatic heterocycles. The van der Waals surface area contributed by atoms with Crippen LogP contribution >= 0.6 is 12.6 Å². The number of amides is 2. The molecule has 0 radical (unpaired) electrons. The fraction of sp³-hybridized carbons (Fsp3) is 0.571. The van der Waals surface area contributed by atoms with Crippen LogP contribution in [0.4, 0.5) is 4.79 Å². The zero-order valence-electron chi connectivity index (χ0n) is 7.89. The molecule has 14 heavy (non-hydrogen) atoms. The molecule has 0 saturated carbocycles. The second-order valence-corrected chi connectivity index (χ2v) is 2.92. The minimum atomic E-state index is -1.04. The van der Waals surface area contributed by atoms with Crippen molar-refractivity contribution in [3.63, 3.8) is 0 Å². The summed E-state index contributed by atoms with van der Waals surface area (Å²) in [5.41, 5.74) is 5.23. The van der Waals surface area contributed by atoms with Crippen molar-refractivity contribution in [2.24, 2.45) is 5.73 Å². The first-order valence-corrected chi connectivity index (χ1v) is 4.39. The number of hydrogen-bond donors (Lipinski definition) is 2. The van der Waals surface area contributed by atoms with Gasteiger partial charge in [0.15, 0.2) is 0 Å². The molecule has 0 unspecified atom stereocenters. The highest BCUT2D eigenvalue weighted by Crippen LogP contribution is 1.95. The van der Waals surface area contributed by atoms with Crippen LogP contribution < -0.4 is 5.73 Å². The molecular weight excluding hydrogens is 208 g/mol. The predicted octanol–water partition coefficient (Wildman–Crippen LogP) is -0.615. The number of imide groups is 1. The summed E-state index contributed by atoms with van der Waals surface area (Å²) < 4.78 is 4.28. The molecule has 0 heterocycles. The van der Waals surface area contributed by atoms with E-state index < -0.39 is 24.0 Å². The summed E-state index contributed by atoms with van der Waals surface area (Å²) in [6, 6.07) is -0.970. The molecule has 0 spiro atoms. The molecule has 0 aliphatic rings. The molecular formula is C7H12N2O4S. The van der Waals surface area contributed by atoms with Gasteiger partial charge in [0.05, 0.1) is 0 Å². The Labute approximate surface area is 86.8 Å². The molecule has 6 nitrogen and oxygen atoms in total. The van der Waals surface area contributed by atoms with Crippen molar-refractivity contribution in [2.45, 2.75) is 13.0 Å². The molecule has 0 aliphatic carbocycles. The van der Waals surface area contributed by atoms with Gasteiger partial charge in [-0.3, -0.25) is 9.69 Å². The van der Waals surface area contributed by atoms with Gasteiger partial charge in [-0.25, -0.2) is 9.59 Å². The number of carbonyl (C=O) groups is 3. The number of hydrogen-bond acceptors (Lipinski definition) is 6. The first-order chi connectivity index (χ1) is 6.40. The molecule has 2 N–H and O–H groups in total. The number of carbonyl (C=O) groups excluding carboxylic acids is 3. The number of ether oxygens (including phenoxy) is 1. The topological polar surface area (TPSA) is 89.7 Å². The first kappa shape index (κ1) is 12.9. The van der Waals surface area contributed by atoms with E-state index in [0.29, 0.717) is 4.90 Å². The molecule has 0 saturated heterocycles. The van der Waals surface area contributed by atoms with Crippen LogP contribution in [0, 0.1) is 0 Å². The van der Waals surface area contributed by atoms with Crippen LogP contribution in [-0.2, 0) is 14.3 Å². The van der Waals surface area contributed by atoms with Gasteiger partial charge >= 0.3 is 12.1 Å². The van der Waals surface area contributed by atoms with Crippen molar-refractivity contribution >= 4 is 30.6 Å². The lowest BCUT2D eigenvalue weighted by atomic mass is 10.4. The number of thiol groups is 1. The van der Waals surface area contributed by atoms with Crippen molar-refractivity contribution in [1.29, 1.82) is 0 Å². The van der Waals surface area contributed by atoms with Gasteiger partial charge in [-0.15, -0.1) is 0 Å². The van der Waals surface area contributed by atoms with Crippen molar-refractivity contribution < 1.29 is 19.1 Å². The zero-order valence-corrected chi connectivity index (χ0v) is 8.78. The standard InChI is InChI=1S/C7H12N2O4S/c1-4(10)9(2)7(12)13-6(11)5(8)3-14/h5,14H,3,8H2,1-2H3/t5-/m0/s1. The molecule has 1 atom stereocenters. The molecule has 0 bridgehead atoms. The summed E-state index contributed by atoms with van der Waals surface area (Å²) in [5, 5.41) is 0. The fourth-order valence-electron chi connectivity index (χ4n) is 0.433. The summed E-state index contributed by atoms with van der Waals surface area (Å²) >= 11 is 3.75. The van der Waals surface area contributed by atoms with Crippen LogP contribution in [0.3, 0.4) is 0 Å². The van der Waals surface area contributed by atoms with E-state index in [-0.39, 0.29) is 5.75 Å². The van der Waals surface area contributed by atoms with Crippen LogP contribution in [0.5, 0.6) is 0 Å². The summed E-state index contributed by atoms with van der Waals surface area (Å²) in [5.74, 6) is -1.36. The quantitative estimate of drug-likeness (QED) is 0.368. The second-order valence-electron chi connectivity index (χ2n) is 2.55. The lowest BCUT2D eigenvalue weighted by molar-refractivity contribution is -0.140. The first-order valence-electron chi connectivity index (χ1n) is 3.76. The van der Waals surface area contributed by atoms with Gasteiger partial charge in [0.1, 0.15) is 6.04 Å². The third-order valence-electron chi connectivity index (χ3n) is 1.43. The van der Waals surface area contributed by atoms with Gasteiger partial charge in [0.25, 0.3) is 0 Å². The van der Waals surface area contributed by atoms with E-state index >= 15 is 0 Å². The van der Waals surface area contributed by atoms with Gasteiger partial charge in [0.2, 0.25) is 5.91 Å². The predicted molar refractivity (Wildman–Crippen MR) is 51.8 cm³/mol. The molecule has 7 heteroatoms. The summed E-state index contributed by atoms with van der Waals surface area (Å²) in [7, 11) is 1.20. The van der Waals surface area contributed by atoms with Crippen molar-refractivity contribution in [1.82, 2.24) is 4.90 Å². The monoisotopic (exact) mass is 220 g/mol. The lowest BCUT2D eigenvalue weighted by Crippen LogP contribution is -2.40. The van der Waals surface area contributed by atoms with Gasteiger partial charge in [-0.1, -0.05) is 0 Å². The van der Waals surface area contributed by atoms with E-state index in [1.165, 1.54) is 14.0 Å². The van der Waals surface area contributed by atoms with Gasteiger partial charge in [-0.2, -0.15) is 12.6 Å². The Bertz CT molecular complexity index is 256. The van der Waals surface area contributed by atoms with E-state index in [4.69, 9.17) is 5.73 Å². The Kier molecular flexibility index (Phi) is 5.18. The number of nitrogens with two attached hydrogens (primary N) is 1. The maximum Gasteiger partial charge on any atom is 0.424 e. The zero-order chi connectivity index (χ0) is 11.3. The molecule has 0 fully saturated rings. The van der Waals surface area contributed by atoms with Gasteiger partial charge in [-0.05, 0) is 0 Å². The van der Waals surface area contributed by atoms with Crippen LogP contribution in [-0.4, -0.2) is 41.7 Å². The molecule has 80 valence electrons. The van der Waals surface area contributed by atoms with Gasteiger partial charge in [0, 0.05) is 19.7 Å². The van der Waals surface area contributed by atoms with Crippen LogP contribution in [0.25, 0.3) is 0 Å². The van der Waals surface area contributed by atoms with Crippen LogP contribution in [0.15, 0.2) is 0 Å². The van der Waals surface area contributed by atoms with E-state index in [0.717, 1.165) is 0 Å². The summed E-state index contributed by atoms with van der Waals surface area (Å²) in [4.78, 5) is 33.3. The highest BCUT2D eigenvalue weighted by Gasteiger charge is 2.21. The molecule has 2 amide bonds. The third kappa shape index (κ3) is 3.75. The van der Waals surface area contributed by atoms with E-state index in [1.807, 2.05) is 0 Å². The van der Waals surface area contributed by atoms with E-state index in [1.54, 1.807) is 0 Å². The Morgan fingerprint density at radius 1 is 1.50 bits per heavy atom. The lowest BCUT2D eigenvalue weighted by Gasteiger charge is -2.13. The average molecular weight is 220 g/mol. The van der Waals surface area contributed by atoms with Crippen LogP contribution in [0.2, 0.25) is 0 Å². The van der Waals surface area contributed by atoms with Gasteiger partial charge < -0.3 is 10.5 Å². The average Bonchev–Trinajstić information content (AvgIpc) is 2.14. The smallest absolute Gasteiger partial charge is 0.375 e. The number of nitrogens with zero attached hydrogens (tertiary/aromatic N) is 1. The van der Waals surface area contributed by atoms with E-state index in [2.05, 4.69) is 17.4 Å². The number of rotatable bonds is 2. The Balaban J connectivity index is 4.19. The van der Waals surface area contributed by atoms with Crippen LogP contribution in [0.1, 0.15) is 6.92 Å². The number of esters is 1. The maximum atomic E-state index is 11.0. The maximum absolute atomic E-state index is 11.0. The summed E-state index contributed by atoms with van der Waals surface area (Å²) in [6.07, 6.45) is -1.04. The summed E-state index contributed by atoms with van der Waals surface area (Å²) in [6.45, 7) is 1.17. The molecule has 0 aromatic carbocycles. The normalized spacial score (nSPS) is 11.7.